The van der Waals surface area contributed by atoms with E-state index in [4.69, 9.17) is 0 Å². The maximum Gasteiger partial charge on any atom is 0.0306 e. The number of likely N-dealkylation sites (tertiary alicyclic amines) is 1. The van der Waals surface area contributed by atoms with E-state index >= 15 is 0 Å². The average Bonchev–Trinajstić information content (AvgIpc) is 2.63. The molecule has 2 heteroatoms. The Morgan fingerprint density at radius 1 is 1.22 bits per heavy atom. The minimum absolute atomic E-state index is 0.264. The summed E-state index contributed by atoms with van der Waals surface area (Å²) in [5, 5.41) is 3.54. The monoisotopic (exact) mass is 252 g/mol. The minimum atomic E-state index is 0.264. The van der Waals surface area contributed by atoms with Crippen molar-refractivity contribution in [3.8, 4) is 0 Å². The first kappa shape index (κ1) is 15.7. The van der Waals surface area contributed by atoms with Crippen LogP contribution in [0, 0.1) is 0 Å². The lowest BCUT2D eigenvalue weighted by molar-refractivity contribution is 0.0824. The Morgan fingerprint density at radius 2 is 1.83 bits per heavy atom. The van der Waals surface area contributed by atoms with Crippen molar-refractivity contribution in [3.05, 3.63) is 12.7 Å². The van der Waals surface area contributed by atoms with Crippen molar-refractivity contribution in [2.24, 2.45) is 0 Å². The van der Waals surface area contributed by atoms with Crippen molar-refractivity contribution in [2.75, 3.05) is 20.1 Å². The quantitative estimate of drug-likeness (QED) is 0.550. The predicted molar refractivity (Wildman–Crippen MR) is 81.0 cm³/mol. The average molecular weight is 252 g/mol. The normalized spacial score (nSPS) is 20.4. The third-order valence-electron chi connectivity index (χ3n) is 4.52. The van der Waals surface area contributed by atoms with Gasteiger partial charge in [-0.1, -0.05) is 18.9 Å². The zero-order valence-corrected chi connectivity index (χ0v) is 12.7. The molecule has 2 nitrogen and oxygen atoms in total. The smallest absolute Gasteiger partial charge is 0.0306 e. The van der Waals surface area contributed by atoms with Gasteiger partial charge in [0.15, 0.2) is 0 Å². The molecule has 0 amide bonds. The molecule has 0 radical (unpaired) electrons. The fraction of sp³-hybridized carbons (Fsp3) is 0.875. The molecule has 106 valence electrons. The molecule has 1 rings (SSSR count). The fourth-order valence-corrected chi connectivity index (χ4v) is 3.18. The molecule has 0 aliphatic carbocycles. The lowest BCUT2D eigenvalue weighted by Gasteiger charge is -2.44. The number of likely N-dealkylation sites (N-methyl/N-ethyl adjacent to an activating group) is 1. The molecule has 18 heavy (non-hydrogen) atoms. The molecule has 0 aromatic heterocycles. The van der Waals surface area contributed by atoms with Crippen LogP contribution in [0.1, 0.15) is 58.8 Å². The van der Waals surface area contributed by atoms with E-state index < -0.39 is 0 Å². The van der Waals surface area contributed by atoms with Gasteiger partial charge in [-0.2, -0.15) is 0 Å². The summed E-state index contributed by atoms with van der Waals surface area (Å²) in [7, 11) is 2.11. The summed E-state index contributed by atoms with van der Waals surface area (Å²) >= 11 is 0. The number of unbranched alkanes of at least 4 members (excludes halogenated alkanes) is 1. The summed E-state index contributed by atoms with van der Waals surface area (Å²) in [5.74, 6) is 0. The van der Waals surface area contributed by atoms with E-state index in [9.17, 15) is 0 Å². The maximum absolute atomic E-state index is 3.82. The summed E-state index contributed by atoms with van der Waals surface area (Å²) in [6.45, 7) is 11.2. The van der Waals surface area contributed by atoms with Crippen LogP contribution >= 0.6 is 0 Å². The molecular weight excluding hydrogens is 220 g/mol. The Kier molecular flexibility index (Phi) is 6.95. The highest BCUT2D eigenvalue weighted by molar-refractivity contribution is 4.93. The van der Waals surface area contributed by atoms with Crippen molar-refractivity contribution in [2.45, 2.75) is 70.4 Å². The van der Waals surface area contributed by atoms with Crippen LogP contribution in [-0.4, -0.2) is 36.6 Å². The van der Waals surface area contributed by atoms with Crippen LogP contribution in [-0.2, 0) is 0 Å². The maximum atomic E-state index is 3.82. The molecule has 1 saturated heterocycles. The van der Waals surface area contributed by atoms with Gasteiger partial charge >= 0.3 is 0 Å². The van der Waals surface area contributed by atoms with Gasteiger partial charge in [0.1, 0.15) is 0 Å². The van der Waals surface area contributed by atoms with Gasteiger partial charge in [-0.3, -0.25) is 4.90 Å². The summed E-state index contributed by atoms with van der Waals surface area (Å²) in [6.07, 6.45) is 11.2. The first-order valence-corrected chi connectivity index (χ1v) is 7.66. The number of nitrogens with one attached hydrogen (secondary N) is 1. The molecule has 0 spiro atoms. The van der Waals surface area contributed by atoms with Crippen molar-refractivity contribution < 1.29 is 0 Å². The van der Waals surface area contributed by atoms with Crippen molar-refractivity contribution in [1.82, 2.24) is 10.2 Å². The van der Waals surface area contributed by atoms with Crippen LogP contribution in [0.5, 0.6) is 0 Å². The number of allylic oxidation sites excluding steroid dienone is 1. The van der Waals surface area contributed by atoms with Gasteiger partial charge in [-0.25, -0.2) is 0 Å². The third-order valence-corrected chi connectivity index (χ3v) is 4.52. The molecule has 0 bridgehead atoms. The topological polar surface area (TPSA) is 15.3 Å². The molecule has 1 N–H and O–H groups in total. The van der Waals surface area contributed by atoms with E-state index in [1.54, 1.807) is 0 Å². The Morgan fingerprint density at radius 3 is 2.33 bits per heavy atom. The van der Waals surface area contributed by atoms with Gasteiger partial charge in [-0.15, -0.1) is 6.58 Å². The zero-order valence-electron chi connectivity index (χ0n) is 12.7. The second kappa shape index (κ2) is 7.96. The molecule has 1 unspecified atom stereocenters. The lowest BCUT2D eigenvalue weighted by atomic mass is 9.88. The van der Waals surface area contributed by atoms with Crippen LogP contribution in [0.4, 0.5) is 0 Å². The SMILES string of the molecule is C=CCCCC(NC)C(C)(C)N1CCCCCC1. The molecule has 1 atom stereocenters. The number of rotatable bonds is 7. The lowest BCUT2D eigenvalue weighted by Crippen LogP contribution is -2.57. The second-order valence-electron chi connectivity index (χ2n) is 6.12. The van der Waals surface area contributed by atoms with Crippen LogP contribution in [0.25, 0.3) is 0 Å². The number of hydrogen-bond acceptors (Lipinski definition) is 2. The highest BCUT2D eigenvalue weighted by atomic mass is 15.2. The van der Waals surface area contributed by atoms with Crippen molar-refractivity contribution >= 4 is 0 Å². The largest absolute Gasteiger partial charge is 0.315 e. The highest BCUT2D eigenvalue weighted by Crippen LogP contribution is 2.26. The predicted octanol–water partition coefficient (Wildman–Crippen LogP) is 3.59. The van der Waals surface area contributed by atoms with Gasteiger partial charge < -0.3 is 5.32 Å². The van der Waals surface area contributed by atoms with Gasteiger partial charge in [0.25, 0.3) is 0 Å². The second-order valence-corrected chi connectivity index (χ2v) is 6.12. The van der Waals surface area contributed by atoms with Gasteiger partial charge in [0.05, 0.1) is 0 Å². The van der Waals surface area contributed by atoms with E-state index in [0.717, 1.165) is 6.42 Å². The molecule has 1 heterocycles. The summed E-state index contributed by atoms with van der Waals surface area (Å²) in [4.78, 5) is 2.70. The molecular formula is C16H32N2. The van der Waals surface area contributed by atoms with Crippen LogP contribution in [0.3, 0.4) is 0 Å². The highest BCUT2D eigenvalue weighted by Gasteiger charge is 2.34. The molecule has 0 aromatic carbocycles. The number of hydrogen-bond donors (Lipinski definition) is 1. The molecule has 0 aromatic rings. The Labute approximate surface area is 114 Å². The van der Waals surface area contributed by atoms with E-state index in [1.807, 2.05) is 6.08 Å². The molecule has 1 aliphatic heterocycles. The van der Waals surface area contributed by atoms with E-state index in [0.29, 0.717) is 6.04 Å². The number of nitrogens with zero attached hydrogens (tertiary/aromatic N) is 1. The standard InChI is InChI=1S/C16H32N2/c1-5-6-9-12-15(17-4)16(2,3)18-13-10-7-8-11-14-18/h5,15,17H,1,6-14H2,2-4H3. The summed E-state index contributed by atoms with van der Waals surface area (Å²) < 4.78 is 0. The fourth-order valence-electron chi connectivity index (χ4n) is 3.18. The Bertz CT molecular complexity index is 227. The minimum Gasteiger partial charge on any atom is -0.315 e. The van der Waals surface area contributed by atoms with Gasteiger partial charge in [-0.05, 0) is 66.1 Å². The zero-order chi connectivity index (χ0) is 13.4. The summed E-state index contributed by atoms with van der Waals surface area (Å²) in [6, 6.07) is 0.579. The molecule has 0 saturated carbocycles. The van der Waals surface area contributed by atoms with Crippen LogP contribution in [0.15, 0.2) is 12.7 Å². The Balaban J connectivity index is 2.58. The molecule has 1 fully saturated rings. The van der Waals surface area contributed by atoms with Gasteiger partial charge in [0, 0.05) is 11.6 Å². The van der Waals surface area contributed by atoms with Crippen LogP contribution in [0.2, 0.25) is 0 Å². The first-order chi connectivity index (χ1) is 8.62. The van der Waals surface area contributed by atoms with Gasteiger partial charge in [0.2, 0.25) is 0 Å². The van der Waals surface area contributed by atoms with E-state index in [-0.39, 0.29) is 5.54 Å². The van der Waals surface area contributed by atoms with Crippen molar-refractivity contribution in [1.29, 1.82) is 0 Å². The Hall–Kier alpha value is -0.340. The van der Waals surface area contributed by atoms with Crippen molar-refractivity contribution in [3.63, 3.8) is 0 Å². The first-order valence-electron chi connectivity index (χ1n) is 7.66. The molecule has 1 aliphatic rings. The summed E-state index contributed by atoms with van der Waals surface area (Å²) in [5.41, 5.74) is 0.264. The van der Waals surface area contributed by atoms with E-state index in [2.05, 4.69) is 37.7 Å². The third kappa shape index (κ3) is 4.40. The van der Waals surface area contributed by atoms with E-state index in [1.165, 1.54) is 51.6 Å². The van der Waals surface area contributed by atoms with Crippen LogP contribution < -0.4 is 5.32 Å².